The molecule has 0 saturated heterocycles. The van der Waals surface area contributed by atoms with Gasteiger partial charge in [0.05, 0.1) is 12.6 Å². The third-order valence-electron chi connectivity index (χ3n) is 3.13. The second-order valence-corrected chi connectivity index (χ2v) is 5.18. The van der Waals surface area contributed by atoms with Crippen molar-refractivity contribution in [3.63, 3.8) is 0 Å². The Morgan fingerprint density at radius 3 is 2.81 bits per heavy atom. The monoisotopic (exact) mass is 291 g/mol. The Morgan fingerprint density at radius 1 is 1.48 bits per heavy atom. The van der Waals surface area contributed by atoms with E-state index >= 15 is 0 Å². The van der Waals surface area contributed by atoms with E-state index in [9.17, 15) is 4.79 Å². The van der Waals surface area contributed by atoms with E-state index in [2.05, 4.69) is 15.4 Å². The third kappa shape index (κ3) is 3.69. The lowest BCUT2D eigenvalue weighted by atomic mass is 10.2. The average molecular weight is 291 g/mol. The van der Waals surface area contributed by atoms with E-state index in [4.69, 9.17) is 4.42 Å². The Bertz CT molecular complexity index is 602. The standard InChI is InChI=1S/C14H21N5O2/c1-5-11(13-15-9-16-19(13)4)17-14(20)12-7-6-10(21-12)8-18(2)3/h6-7,9,11H,5,8H2,1-4H3,(H,17,20)/t11-/m1/s1. The molecule has 2 aromatic rings. The molecule has 1 N–H and O–H groups in total. The number of hydrogen-bond donors (Lipinski definition) is 1. The number of nitrogens with zero attached hydrogens (tertiary/aromatic N) is 4. The molecule has 2 rings (SSSR count). The number of carbonyl (C=O) groups excluding carboxylic acids is 1. The maximum atomic E-state index is 12.2. The average Bonchev–Trinajstić information content (AvgIpc) is 3.04. The number of rotatable bonds is 6. The van der Waals surface area contributed by atoms with Crippen LogP contribution in [0.1, 0.15) is 41.5 Å². The van der Waals surface area contributed by atoms with E-state index < -0.39 is 0 Å². The maximum Gasteiger partial charge on any atom is 0.287 e. The summed E-state index contributed by atoms with van der Waals surface area (Å²) in [5.41, 5.74) is 0. The Labute approximate surface area is 124 Å². The summed E-state index contributed by atoms with van der Waals surface area (Å²) in [6.45, 7) is 2.65. The van der Waals surface area contributed by atoms with Gasteiger partial charge < -0.3 is 14.6 Å². The van der Waals surface area contributed by atoms with Crippen LogP contribution < -0.4 is 5.32 Å². The van der Waals surface area contributed by atoms with Crippen molar-refractivity contribution in [3.8, 4) is 0 Å². The summed E-state index contributed by atoms with van der Waals surface area (Å²) in [7, 11) is 5.70. The summed E-state index contributed by atoms with van der Waals surface area (Å²) < 4.78 is 7.21. The van der Waals surface area contributed by atoms with Gasteiger partial charge in [0.15, 0.2) is 5.76 Å². The molecule has 0 aliphatic carbocycles. The molecular weight excluding hydrogens is 270 g/mol. The zero-order chi connectivity index (χ0) is 15.4. The molecule has 7 nitrogen and oxygen atoms in total. The Balaban J connectivity index is 2.06. The molecule has 0 bridgehead atoms. The molecule has 0 spiro atoms. The van der Waals surface area contributed by atoms with Crippen LogP contribution in [0.5, 0.6) is 0 Å². The second-order valence-electron chi connectivity index (χ2n) is 5.18. The Kier molecular flexibility index (Phi) is 4.74. The van der Waals surface area contributed by atoms with E-state index in [0.29, 0.717) is 12.3 Å². The van der Waals surface area contributed by atoms with E-state index in [-0.39, 0.29) is 11.9 Å². The molecule has 0 fully saturated rings. The van der Waals surface area contributed by atoms with Crippen LogP contribution in [0.25, 0.3) is 0 Å². The van der Waals surface area contributed by atoms with Crippen molar-refractivity contribution < 1.29 is 9.21 Å². The largest absolute Gasteiger partial charge is 0.455 e. The zero-order valence-corrected chi connectivity index (χ0v) is 12.8. The lowest BCUT2D eigenvalue weighted by Crippen LogP contribution is -2.29. The predicted molar refractivity (Wildman–Crippen MR) is 77.6 cm³/mol. The summed E-state index contributed by atoms with van der Waals surface area (Å²) in [6, 6.07) is 3.32. The SMILES string of the molecule is CC[C@@H](NC(=O)c1ccc(CN(C)C)o1)c1ncnn1C. The van der Waals surface area contributed by atoms with E-state index in [1.165, 1.54) is 6.33 Å². The first kappa shape index (κ1) is 15.2. The van der Waals surface area contributed by atoms with Gasteiger partial charge in [-0.05, 0) is 32.6 Å². The molecule has 0 aliphatic rings. The number of aryl methyl sites for hydroxylation is 1. The molecule has 114 valence electrons. The lowest BCUT2D eigenvalue weighted by molar-refractivity contribution is 0.0901. The number of furan rings is 1. The van der Waals surface area contributed by atoms with Crippen LogP contribution in [-0.4, -0.2) is 39.7 Å². The molecule has 2 heterocycles. The van der Waals surface area contributed by atoms with Gasteiger partial charge in [-0.25, -0.2) is 4.98 Å². The first-order valence-corrected chi connectivity index (χ1v) is 6.89. The fourth-order valence-electron chi connectivity index (χ4n) is 2.10. The van der Waals surface area contributed by atoms with Gasteiger partial charge >= 0.3 is 0 Å². The van der Waals surface area contributed by atoms with Crippen molar-refractivity contribution in [1.82, 2.24) is 25.0 Å². The molecule has 0 saturated carbocycles. The highest BCUT2D eigenvalue weighted by Crippen LogP contribution is 2.15. The molecule has 2 aromatic heterocycles. The minimum Gasteiger partial charge on any atom is -0.455 e. The van der Waals surface area contributed by atoms with Crippen LogP contribution in [0.2, 0.25) is 0 Å². The van der Waals surface area contributed by atoms with Crippen LogP contribution in [0.15, 0.2) is 22.9 Å². The highest BCUT2D eigenvalue weighted by atomic mass is 16.4. The van der Waals surface area contributed by atoms with Crippen molar-refractivity contribution in [2.45, 2.75) is 25.9 Å². The minimum atomic E-state index is -0.241. The second kappa shape index (κ2) is 6.53. The van der Waals surface area contributed by atoms with Gasteiger partial charge in [-0.2, -0.15) is 5.10 Å². The third-order valence-corrected chi connectivity index (χ3v) is 3.13. The number of hydrogen-bond acceptors (Lipinski definition) is 5. The van der Waals surface area contributed by atoms with Gasteiger partial charge in [0.2, 0.25) is 0 Å². The Morgan fingerprint density at radius 2 is 2.24 bits per heavy atom. The number of amides is 1. The molecule has 0 aromatic carbocycles. The zero-order valence-electron chi connectivity index (χ0n) is 12.8. The van der Waals surface area contributed by atoms with Gasteiger partial charge in [0.1, 0.15) is 17.9 Å². The van der Waals surface area contributed by atoms with Crippen LogP contribution >= 0.6 is 0 Å². The quantitative estimate of drug-likeness (QED) is 0.869. The summed E-state index contributed by atoms with van der Waals surface area (Å²) in [6.07, 6.45) is 2.20. The highest BCUT2D eigenvalue weighted by molar-refractivity contribution is 5.91. The maximum absolute atomic E-state index is 12.2. The smallest absolute Gasteiger partial charge is 0.287 e. The molecule has 0 unspecified atom stereocenters. The lowest BCUT2D eigenvalue weighted by Gasteiger charge is -2.15. The van der Waals surface area contributed by atoms with Crippen molar-refractivity contribution in [3.05, 3.63) is 35.8 Å². The molecule has 7 heteroatoms. The van der Waals surface area contributed by atoms with E-state index in [1.807, 2.05) is 32.0 Å². The summed E-state index contributed by atoms with van der Waals surface area (Å²) >= 11 is 0. The molecule has 0 aliphatic heterocycles. The van der Waals surface area contributed by atoms with Gasteiger partial charge in [-0.1, -0.05) is 6.92 Å². The van der Waals surface area contributed by atoms with Crippen molar-refractivity contribution >= 4 is 5.91 Å². The molecule has 21 heavy (non-hydrogen) atoms. The van der Waals surface area contributed by atoms with Gasteiger partial charge in [0.25, 0.3) is 5.91 Å². The van der Waals surface area contributed by atoms with E-state index in [1.54, 1.807) is 17.8 Å². The number of aromatic nitrogens is 3. The van der Waals surface area contributed by atoms with E-state index in [0.717, 1.165) is 18.0 Å². The molecule has 0 radical (unpaired) electrons. The predicted octanol–water partition coefficient (Wildman–Crippen LogP) is 1.35. The summed E-state index contributed by atoms with van der Waals surface area (Å²) in [5, 5.41) is 6.95. The van der Waals surface area contributed by atoms with Crippen LogP contribution in [-0.2, 0) is 13.6 Å². The molecule has 1 atom stereocenters. The van der Waals surface area contributed by atoms with Crippen LogP contribution in [0, 0.1) is 0 Å². The van der Waals surface area contributed by atoms with Crippen molar-refractivity contribution in [2.75, 3.05) is 14.1 Å². The first-order chi connectivity index (χ1) is 10.0. The van der Waals surface area contributed by atoms with Gasteiger partial charge in [0, 0.05) is 7.05 Å². The Hall–Kier alpha value is -2.15. The number of carbonyl (C=O) groups is 1. The van der Waals surface area contributed by atoms with Crippen LogP contribution in [0.3, 0.4) is 0 Å². The summed E-state index contributed by atoms with van der Waals surface area (Å²) in [5.74, 6) is 1.56. The molecule has 1 amide bonds. The summed E-state index contributed by atoms with van der Waals surface area (Å²) in [4.78, 5) is 18.4. The van der Waals surface area contributed by atoms with Gasteiger partial charge in [-0.15, -0.1) is 0 Å². The fraction of sp³-hybridized carbons (Fsp3) is 0.500. The first-order valence-electron chi connectivity index (χ1n) is 6.89. The number of nitrogens with one attached hydrogen (secondary N) is 1. The van der Waals surface area contributed by atoms with Crippen LogP contribution in [0.4, 0.5) is 0 Å². The van der Waals surface area contributed by atoms with Crippen molar-refractivity contribution in [1.29, 1.82) is 0 Å². The minimum absolute atomic E-state index is 0.188. The fourth-order valence-corrected chi connectivity index (χ4v) is 2.10. The normalized spacial score (nSPS) is 12.6. The van der Waals surface area contributed by atoms with Crippen molar-refractivity contribution in [2.24, 2.45) is 7.05 Å². The highest BCUT2D eigenvalue weighted by Gasteiger charge is 2.20. The molecular formula is C14H21N5O2. The van der Waals surface area contributed by atoms with Gasteiger partial charge in [-0.3, -0.25) is 9.48 Å². The topological polar surface area (TPSA) is 76.2 Å².